The lowest BCUT2D eigenvalue weighted by atomic mass is 10.0. The summed E-state index contributed by atoms with van der Waals surface area (Å²) in [5, 5.41) is 13.4. The van der Waals surface area contributed by atoms with E-state index in [0.29, 0.717) is 22.9 Å². The van der Waals surface area contributed by atoms with Crippen molar-refractivity contribution in [2.75, 3.05) is 0 Å². The lowest BCUT2D eigenvalue weighted by Crippen LogP contribution is -2.12. The second-order valence-corrected chi connectivity index (χ2v) is 5.16. The minimum Gasteiger partial charge on any atom is -0.232 e. The molecule has 3 heteroatoms. The van der Waals surface area contributed by atoms with E-state index in [2.05, 4.69) is 0 Å². The summed E-state index contributed by atoms with van der Waals surface area (Å²) in [5.41, 5.74) is 2.04. The predicted molar refractivity (Wildman–Crippen MR) is 74.8 cm³/mol. The van der Waals surface area contributed by atoms with E-state index in [4.69, 9.17) is 23.2 Å². The van der Waals surface area contributed by atoms with Gasteiger partial charge in [0.2, 0.25) is 0 Å². The monoisotopic (exact) mass is 279 g/mol. The van der Waals surface area contributed by atoms with Crippen LogP contribution in [-0.2, 0) is 17.9 Å². The highest BCUT2D eigenvalue weighted by molar-refractivity contribution is 6.30. The van der Waals surface area contributed by atoms with Gasteiger partial charge in [0.15, 0.2) is 0 Å². The van der Waals surface area contributed by atoms with Crippen LogP contribution in [0.4, 0.5) is 0 Å². The Morgan fingerprint density at radius 2 is 1.06 bits per heavy atom. The van der Waals surface area contributed by atoms with Gasteiger partial charge >= 0.3 is 0 Å². The first-order valence-electron chi connectivity index (χ1n) is 5.78. The van der Waals surface area contributed by atoms with Crippen molar-refractivity contribution in [3.63, 3.8) is 0 Å². The van der Waals surface area contributed by atoms with Gasteiger partial charge in [-0.05, 0) is 35.4 Å². The van der Waals surface area contributed by atoms with Crippen LogP contribution in [-0.4, -0.2) is 6.10 Å². The highest BCUT2D eigenvalue weighted by Gasteiger charge is 2.08. The fourth-order valence-electron chi connectivity index (χ4n) is 1.84. The minimum absolute atomic E-state index is 0.514. The second-order valence-electron chi connectivity index (χ2n) is 4.28. The number of hydrogen-bond donors (Lipinski definition) is 0. The Balaban J connectivity index is 1.94. The quantitative estimate of drug-likeness (QED) is 0.781. The van der Waals surface area contributed by atoms with Gasteiger partial charge < -0.3 is 0 Å². The van der Waals surface area contributed by atoms with Crippen LogP contribution in [0.1, 0.15) is 11.1 Å². The van der Waals surface area contributed by atoms with Crippen molar-refractivity contribution in [1.29, 1.82) is 0 Å². The Kier molecular flexibility index (Phi) is 4.65. The molecule has 2 rings (SSSR count). The zero-order valence-corrected chi connectivity index (χ0v) is 11.3. The zero-order chi connectivity index (χ0) is 13.0. The molecule has 0 aliphatic heterocycles. The van der Waals surface area contributed by atoms with Crippen LogP contribution >= 0.6 is 23.2 Å². The van der Waals surface area contributed by atoms with Gasteiger partial charge in [0.1, 0.15) is 6.10 Å². The van der Waals surface area contributed by atoms with E-state index in [1.807, 2.05) is 48.5 Å². The lowest BCUT2D eigenvalue weighted by molar-refractivity contribution is 0.0896. The molecule has 0 heterocycles. The van der Waals surface area contributed by atoms with Crippen molar-refractivity contribution in [3.05, 3.63) is 69.7 Å². The Morgan fingerprint density at radius 3 is 1.39 bits per heavy atom. The number of hydrogen-bond acceptors (Lipinski definition) is 0. The fraction of sp³-hybridized carbons (Fsp3) is 0.200. The number of halogens is 2. The average molecular weight is 280 g/mol. The third-order valence-corrected chi connectivity index (χ3v) is 3.26. The Hall–Kier alpha value is -1.02. The molecule has 2 aromatic rings. The highest BCUT2D eigenvalue weighted by Crippen LogP contribution is 2.15. The molecule has 0 saturated heterocycles. The maximum Gasteiger partial charge on any atom is 0.101 e. The molecular weight excluding hydrogens is 267 g/mol. The van der Waals surface area contributed by atoms with Crippen molar-refractivity contribution in [2.24, 2.45) is 0 Å². The summed E-state index contributed by atoms with van der Waals surface area (Å²) >= 11 is 11.6. The zero-order valence-electron chi connectivity index (χ0n) is 9.77. The van der Waals surface area contributed by atoms with Crippen molar-refractivity contribution in [2.45, 2.75) is 18.9 Å². The van der Waals surface area contributed by atoms with Gasteiger partial charge in [-0.25, -0.2) is 5.11 Å². The molecule has 1 nitrogen and oxygen atoms in total. The van der Waals surface area contributed by atoms with Gasteiger partial charge in [-0.1, -0.05) is 47.5 Å². The topological polar surface area (TPSA) is 19.9 Å². The second kappa shape index (κ2) is 6.24. The summed E-state index contributed by atoms with van der Waals surface area (Å²) in [6, 6.07) is 14.8. The van der Waals surface area contributed by atoms with Crippen molar-refractivity contribution >= 4 is 23.2 Å². The molecule has 0 saturated carbocycles. The molecule has 1 radical (unpaired) electrons. The van der Waals surface area contributed by atoms with Gasteiger partial charge in [-0.2, -0.15) is 0 Å². The third-order valence-electron chi connectivity index (χ3n) is 2.75. The van der Waals surface area contributed by atoms with Crippen molar-refractivity contribution in [1.82, 2.24) is 0 Å². The molecular formula is C15H13Cl2O. The molecule has 0 bridgehead atoms. The van der Waals surface area contributed by atoms with E-state index in [0.717, 1.165) is 11.1 Å². The maximum atomic E-state index is 12.0. The standard InChI is InChI=1S/C15H13Cl2O/c16-13-5-1-11(2-6-13)9-15(18)10-12-3-7-14(17)8-4-12/h1-8,15H,9-10H2. The molecule has 2 aromatic carbocycles. The van der Waals surface area contributed by atoms with Crippen LogP contribution in [0.3, 0.4) is 0 Å². The summed E-state index contributed by atoms with van der Waals surface area (Å²) in [4.78, 5) is 0. The predicted octanol–water partition coefficient (Wildman–Crippen LogP) is 4.58. The van der Waals surface area contributed by atoms with Crippen LogP contribution in [0.5, 0.6) is 0 Å². The molecule has 0 aliphatic rings. The van der Waals surface area contributed by atoms with E-state index in [9.17, 15) is 5.11 Å². The van der Waals surface area contributed by atoms with E-state index in [-0.39, 0.29) is 0 Å². The molecule has 0 aliphatic carbocycles. The largest absolute Gasteiger partial charge is 0.232 e. The van der Waals surface area contributed by atoms with Crippen molar-refractivity contribution in [3.8, 4) is 0 Å². The van der Waals surface area contributed by atoms with Crippen LogP contribution in [0.25, 0.3) is 0 Å². The summed E-state index contributed by atoms with van der Waals surface area (Å²) < 4.78 is 0. The van der Waals surface area contributed by atoms with Gasteiger partial charge in [0.25, 0.3) is 0 Å². The van der Waals surface area contributed by atoms with Crippen LogP contribution in [0, 0.1) is 0 Å². The normalized spacial score (nSPS) is 10.9. The van der Waals surface area contributed by atoms with E-state index >= 15 is 0 Å². The van der Waals surface area contributed by atoms with E-state index < -0.39 is 6.10 Å². The summed E-state index contributed by atoms with van der Waals surface area (Å²) in [7, 11) is 0. The summed E-state index contributed by atoms with van der Waals surface area (Å²) in [5.74, 6) is 0. The minimum atomic E-state index is -0.646. The molecule has 0 aromatic heterocycles. The molecule has 0 atom stereocenters. The van der Waals surface area contributed by atoms with E-state index in [1.54, 1.807) is 0 Å². The first-order valence-corrected chi connectivity index (χ1v) is 6.54. The molecule has 0 unspecified atom stereocenters. The SMILES string of the molecule is [O]C(Cc1ccc(Cl)cc1)Cc1ccc(Cl)cc1. The number of benzene rings is 2. The van der Waals surface area contributed by atoms with Gasteiger partial charge in [0.05, 0.1) is 0 Å². The van der Waals surface area contributed by atoms with Crippen LogP contribution in [0.2, 0.25) is 10.0 Å². The molecule has 0 amide bonds. The Labute approximate surface area is 117 Å². The summed E-state index contributed by atoms with van der Waals surface area (Å²) in [6.45, 7) is 0. The highest BCUT2D eigenvalue weighted by atomic mass is 35.5. The van der Waals surface area contributed by atoms with Gasteiger partial charge in [0, 0.05) is 22.9 Å². The van der Waals surface area contributed by atoms with Crippen molar-refractivity contribution < 1.29 is 5.11 Å². The van der Waals surface area contributed by atoms with Gasteiger partial charge in [-0.15, -0.1) is 0 Å². The van der Waals surface area contributed by atoms with Gasteiger partial charge in [-0.3, -0.25) is 0 Å². The Bertz CT molecular complexity index is 443. The maximum absolute atomic E-state index is 12.0. The first kappa shape index (κ1) is 13.4. The average Bonchev–Trinajstić information content (AvgIpc) is 2.35. The Morgan fingerprint density at radius 1 is 0.722 bits per heavy atom. The molecule has 0 N–H and O–H groups in total. The van der Waals surface area contributed by atoms with Crippen LogP contribution < -0.4 is 0 Å². The third kappa shape index (κ3) is 4.02. The first-order chi connectivity index (χ1) is 8.63. The molecule has 0 spiro atoms. The van der Waals surface area contributed by atoms with E-state index in [1.165, 1.54) is 0 Å². The smallest absolute Gasteiger partial charge is 0.101 e. The molecule has 18 heavy (non-hydrogen) atoms. The van der Waals surface area contributed by atoms with Crippen LogP contribution in [0.15, 0.2) is 48.5 Å². The number of rotatable bonds is 4. The lowest BCUT2D eigenvalue weighted by Gasteiger charge is -2.09. The molecule has 0 fully saturated rings. The molecule has 93 valence electrons. The fourth-order valence-corrected chi connectivity index (χ4v) is 2.09. The summed E-state index contributed by atoms with van der Waals surface area (Å²) in [6.07, 6.45) is 0.381.